The summed E-state index contributed by atoms with van der Waals surface area (Å²) >= 11 is 0. The molecule has 0 amide bonds. The van der Waals surface area contributed by atoms with Crippen molar-refractivity contribution in [1.82, 2.24) is 0 Å². The Morgan fingerprint density at radius 2 is 0.938 bits per heavy atom. The first-order chi connectivity index (χ1) is 15.3. The van der Waals surface area contributed by atoms with Gasteiger partial charge in [0.1, 0.15) is 0 Å². The van der Waals surface area contributed by atoms with E-state index in [9.17, 15) is 14.4 Å². The fourth-order valence-electron chi connectivity index (χ4n) is 4.19. The van der Waals surface area contributed by atoms with Crippen LogP contribution in [0.1, 0.15) is 103 Å². The first-order valence-electron chi connectivity index (χ1n) is 12.5. The average Bonchev–Trinajstić information content (AvgIpc) is 2.71. The third-order valence-corrected chi connectivity index (χ3v) is 5.96. The van der Waals surface area contributed by atoms with Crippen LogP contribution in [-0.4, -0.2) is 63.9 Å². The molecular formula is C25H46NO6+. The maximum atomic E-state index is 11.0. The molecule has 7 heteroatoms. The molecule has 0 aromatic heterocycles. The number of carboxylic acids is 3. The Morgan fingerprint density at radius 3 is 1.38 bits per heavy atom. The maximum absolute atomic E-state index is 11.0. The summed E-state index contributed by atoms with van der Waals surface area (Å²) in [4.78, 5) is 32.9. The van der Waals surface area contributed by atoms with E-state index in [1.54, 1.807) is 0 Å². The van der Waals surface area contributed by atoms with Gasteiger partial charge in [0.25, 0.3) is 0 Å². The smallest absolute Gasteiger partial charge is 0.303 e. The van der Waals surface area contributed by atoms with E-state index in [2.05, 4.69) is 19.1 Å². The van der Waals surface area contributed by atoms with Gasteiger partial charge in [-0.3, -0.25) is 14.4 Å². The molecule has 0 aliphatic rings. The van der Waals surface area contributed by atoms with Crippen LogP contribution in [0.2, 0.25) is 0 Å². The number of hydrogen-bond donors (Lipinski definition) is 3. The van der Waals surface area contributed by atoms with Crippen molar-refractivity contribution < 1.29 is 34.2 Å². The van der Waals surface area contributed by atoms with Crippen LogP contribution in [0.5, 0.6) is 0 Å². The summed E-state index contributed by atoms with van der Waals surface area (Å²) in [5.41, 5.74) is 0. The summed E-state index contributed by atoms with van der Waals surface area (Å²) < 4.78 is 0.610. The number of rotatable bonds is 23. The minimum Gasteiger partial charge on any atom is -0.481 e. The molecule has 0 aliphatic heterocycles. The predicted molar refractivity (Wildman–Crippen MR) is 127 cm³/mol. The number of allylic oxidation sites excluding steroid dienone is 2. The van der Waals surface area contributed by atoms with E-state index in [1.165, 1.54) is 38.5 Å². The van der Waals surface area contributed by atoms with E-state index in [-0.39, 0.29) is 19.3 Å². The lowest BCUT2D eigenvalue weighted by Gasteiger charge is -2.39. The van der Waals surface area contributed by atoms with Crippen LogP contribution >= 0.6 is 0 Å². The second-order valence-corrected chi connectivity index (χ2v) is 8.90. The predicted octanol–water partition coefficient (Wildman–Crippen LogP) is 5.48. The van der Waals surface area contributed by atoms with Crippen LogP contribution in [0, 0.1) is 0 Å². The van der Waals surface area contributed by atoms with Crippen molar-refractivity contribution in [2.24, 2.45) is 0 Å². The number of unbranched alkanes of at least 4 members (excludes halogenated alkanes) is 7. The fraction of sp³-hybridized carbons (Fsp3) is 0.800. The molecule has 0 rings (SSSR count). The zero-order valence-electron chi connectivity index (χ0n) is 20.1. The van der Waals surface area contributed by atoms with Crippen LogP contribution in [-0.2, 0) is 14.4 Å². The molecule has 0 spiro atoms. The van der Waals surface area contributed by atoms with Gasteiger partial charge in [-0.25, -0.2) is 0 Å². The van der Waals surface area contributed by atoms with E-state index >= 15 is 0 Å². The Bertz CT molecular complexity index is 496. The molecule has 3 N–H and O–H groups in total. The minimum absolute atomic E-state index is 0.0794. The maximum Gasteiger partial charge on any atom is 0.303 e. The number of carboxylic acid groups (broad SMARTS) is 3. The molecule has 0 bridgehead atoms. The monoisotopic (exact) mass is 456 g/mol. The Hall–Kier alpha value is -1.89. The van der Waals surface area contributed by atoms with Crippen molar-refractivity contribution in [3.63, 3.8) is 0 Å². The number of hydrogen-bond acceptors (Lipinski definition) is 3. The third kappa shape index (κ3) is 18.8. The standard InChI is InChI=1S/C25H45NO6/c1-2-3-4-5-6-7-8-9-10-11-12-19-26(20-13-16-23(27)28,21-14-17-24(29)30)22-15-18-25(31)32/h9-10H,2-8,11-22H2,1H3,(H2-,27,28,29,30,31,32)/p+1/b10-9+. The highest BCUT2D eigenvalue weighted by atomic mass is 16.4. The van der Waals surface area contributed by atoms with E-state index in [4.69, 9.17) is 15.3 Å². The van der Waals surface area contributed by atoms with E-state index in [0.29, 0.717) is 43.4 Å². The molecule has 0 aromatic rings. The van der Waals surface area contributed by atoms with Crippen molar-refractivity contribution in [1.29, 1.82) is 0 Å². The highest BCUT2D eigenvalue weighted by molar-refractivity contribution is 5.67. The van der Waals surface area contributed by atoms with Gasteiger partial charge in [0.15, 0.2) is 0 Å². The van der Waals surface area contributed by atoms with Crippen LogP contribution < -0.4 is 0 Å². The van der Waals surface area contributed by atoms with Gasteiger partial charge in [-0.1, -0.05) is 51.2 Å². The normalized spacial score (nSPS) is 11.8. The second-order valence-electron chi connectivity index (χ2n) is 8.90. The lowest BCUT2D eigenvalue weighted by molar-refractivity contribution is -0.928. The summed E-state index contributed by atoms with van der Waals surface area (Å²) in [6.45, 7) is 4.98. The van der Waals surface area contributed by atoms with E-state index in [1.807, 2.05) is 0 Å². The highest BCUT2D eigenvalue weighted by Gasteiger charge is 2.27. The molecule has 186 valence electrons. The van der Waals surface area contributed by atoms with Gasteiger partial charge < -0.3 is 19.8 Å². The molecule has 0 unspecified atom stereocenters. The molecule has 0 saturated heterocycles. The van der Waals surface area contributed by atoms with Gasteiger partial charge in [0.2, 0.25) is 0 Å². The molecule has 0 atom stereocenters. The van der Waals surface area contributed by atoms with Gasteiger partial charge in [-0.15, -0.1) is 0 Å². The number of aliphatic carboxylic acids is 3. The van der Waals surface area contributed by atoms with Crippen LogP contribution in [0.4, 0.5) is 0 Å². The molecule has 32 heavy (non-hydrogen) atoms. The summed E-state index contributed by atoms with van der Waals surface area (Å²) in [5, 5.41) is 27.0. The SMILES string of the molecule is CCCCCCCC/C=C/CCC[N+](CCCC(=O)O)(CCCC(=O)O)CCCC(=O)O. The lowest BCUT2D eigenvalue weighted by Crippen LogP contribution is -2.51. The quantitative estimate of drug-likeness (QED) is 0.107. The zero-order valence-corrected chi connectivity index (χ0v) is 20.1. The average molecular weight is 457 g/mol. The van der Waals surface area contributed by atoms with Crippen molar-refractivity contribution >= 4 is 17.9 Å². The first-order valence-corrected chi connectivity index (χ1v) is 12.5. The summed E-state index contributed by atoms with van der Waals surface area (Å²) in [6.07, 6.45) is 16.9. The number of nitrogens with zero attached hydrogens (tertiary/aromatic N) is 1. The largest absolute Gasteiger partial charge is 0.481 e. The Morgan fingerprint density at radius 1 is 0.562 bits per heavy atom. The van der Waals surface area contributed by atoms with Crippen LogP contribution in [0.3, 0.4) is 0 Å². The van der Waals surface area contributed by atoms with Crippen LogP contribution in [0.15, 0.2) is 12.2 Å². The molecule has 0 fully saturated rings. The second kappa shape index (κ2) is 19.8. The van der Waals surface area contributed by atoms with E-state index < -0.39 is 17.9 Å². The molecule has 0 saturated carbocycles. The first kappa shape index (κ1) is 30.1. The lowest BCUT2D eigenvalue weighted by atomic mass is 10.1. The summed E-state index contributed by atoms with van der Waals surface area (Å²) in [6, 6.07) is 0. The Labute approximate surface area is 194 Å². The van der Waals surface area contributed by atoms with Gasteiger partial charge >= 0.3 is 17.9 Å². The van der Waals surface area contributed by atoms with Crippen molar-refractivity contribution in [2.75, 3.05) is 26.2 Å². The molecule has 7 nitrogen and oxygen atoms in total. The molecule has 0 radical (unpaired) electrons. The summed E-state index contributed by atoms with van der Waals surface area (Å²) in [7, 11) is 0. The van der Waals surface area contributed by atoms with Gasteiger partial charge in [-0.2, -0.15) is 0 Å². The van der Waals surface area contributed by atoms with Crippen LogP contribution in [0.25, 0.3) is 0 Å². The highest BCUT2D eigenvalue weighted by Crippen LogP contribution is 2.17. The third-order valence-electron chi connectivity index (χ3n) is 5.96. The topological polar surface area (TPSA) is 112 Å². The van der Waals surface area contributed by atoms with Gasteiger partial charge in [0.05, 0.1) is 45.4 Å². The minimum atomic E-state index is -0.836. The molecule has 0 heterocycles. The van der Waals surface area contributed by atoms with E-state index in [0.717, 1.165) is 25.8 Å². The van der Waals surface area contributed by atoms with Crippen molar-refractivity contribution in [2.45, 2.75) is 103 Å². The van der Waals surface area contributed by atoms with Gasteiger partial charge in [-0.05, 0) is 19.3 Å². The summed E-state index contributed by atoms with van der Waals surface area (Å²) in [5.74, 6) is -2.51. The Kier molecular flexibility index (Phi) is 18.6. The van der Waals surface area contributed by atoms with Gasteiger partial charge in [0, 0.05) is 25.7 Å². The van der Waals surface area contributed by atoms with Crippen molar-refractivity contribution in [3.05, 3.63) is 12.2 Å². The number of quaternary nitrogens is 1. The number of carbonyl (C=O) groups is 3. The molecule has 0 aromatic carbocycles. The Balaban J connectivity index is 4.67. The van der Waals surface area contributed by atoms with Crippen molar-refractivity contribution in [3.8, 4) is 0 Å². The fourth-order valence-corrected chi connectivity index (χ4v) is 4.19. The molecular weight excluding hydrogens is 410 g/mol. The molecule has 0 aliphatic carbocycles. The zero-order chi connectivity index (χ0) is 24.1.